The highest BCUT2D eigenvalue weighted by atomic mass is 14.5. The molecule has 0 aromatic heterocycles. The highest BCUT2D eigenvalue weighted by molar-refractivity contribution is 5.19. The molecule has 1 heteroatoms. The minimum Gasteiger partial charge on any atom is -0.402 e. The first-order chi connectivity index (χ1) is 4.68. The second kappa shape index (κ2) is 8.28. The van der Waals surface area contributed by atoms with E-state index in [9.17, 15) is 0 Å². The lowest BCUT2D eigenvalue weighted by Crippen LogP contribution is -1.92. The van der Waals surface area contributed by atoms with Crippen LogP contribution in [0.25, 0.3) is 0 Å². The summed E-state index contributed by atoms with van der Waals surface area (Å²) >= 11 is 0. The standard InChI is InChI=1S/C7H13N.C2H6/c1-4-5-6(2)7(3)8;1-2/h4-5H,8H2,1-3H3;1-2H3/b5-4-,7-6-;. The second-order valence-electron chi connectivity index (χ2n) is 1.87. The molecule has 0 bridgehead atoms. The van der Waals surface area contributed by atoms with Crippen molar-refractivity contribution < 1.29 is 0 Å². The van der Waals surface area contributed by atoms with Gasteiger partial charge >= 0.3 is 0 Å². The lowest BCUT2D eigenvalue weighted by Gasteiger charge is -1.92. The molecule has 0 atom stereocenters. The fourth-order valence-electron chi connectivity index (χ4n) is 0.381. The van der Waals surface area contributed by atoms with Crippen molar-refractivity contribution in [2.75, 3.05) is 0 Å². The van der Waals surface area contributed by atoms with Gasteiger partial charge in [-0.3, -0.25) is 0 Å². The van der Waals surface area contributed by atoms with Crippen molar-refractivity contribution in [3.8, 4) is 0 Å². The number of rotatable bonds is 1. The molecule has 0 aromatic rings. The monoisotopic (exact) mass is 141 g/mol. The number of allylic oxidation sites excluding steroid dienone is 4. The lowest BCUT2D eigenvalue weighted by molar-refractivity contribution is 1.24. The Morgan fingerprint density at radius 1 is 1.20 bits per heavy atom. The molecule has 0 saturated heterocycles. The molecular formula is C9H19N. The smallest absolute Gasteiger partial charge is 0.00784 e. The Hall–Kier alpha value is -0.720. The minimum absolute atomic E-state index is 0.892. The third-order valence-corrected chi connectivity index (χ3v) is 1.04. The van der Waals surface area contributed by atoms with E-state index in [4.69, 9.17) is 5.73 Å². The Kier molecular flexibility index (Phi) is 9.94. The normalized spacial score (nSPS) is 12.1. The molecule has 0 aliphatic rings. The van der Waals surface area contributed by atoms with Crippen LogP contribution in [0.2, 0.25) is 0 Å². The molecule has 0 aromatic carbocycles. The van der Waals surface area contributed by atoms with E-state index in [1.165, 1.54) is 0 Å². The molecule has 1 nitrogen and oxygen atoms in total. The molecule has 60 valence electrons. The minimum atomic E-state index is 0.892. The van der Waals surface area contributed by atoms with Crippen LogP contribution in [0.4, 0.5) is 0 Å². The molecule has 0 unspecified atom stereocenters. The molecule has 0 saturated carbocycles. The second-order valence-corrected chi connectivity index (χ2v) is 1.87. The van der Waals surface area contributed by atoms with Gasteiger partial charge in [0.2, 0.25) is 0 Å². The van der Waals surface area contributed by atoms with Crippen molar-refractivity contribution >= 4 is 0 Å². The zero-order valence-corrected chi connectivity index (χ0v) is 7.73. The molecule has 0 heterocycles. The molecule has 0 rings (SSSR count). The van der Waals surface area contributed by atoms with Crippen LogP contribution in [0.15, 0.2) is 23.4 Å². The van der Waals surface area contributed by atoms with Gasteiger partial charge in [0.25, 0.3) is 0 Å². The predicted molar refractivity (Wildman–Crippen MR) is 48.7 cm³/mol. The summed E-state index contributed by atoms with van der Waals surface area (Å²) in [6, 6.07) is 0. The van der Waals surface area contributed by atoms with Gasteiger partial charge in [-0.05, 0) is 26.3 Å². The van der Waals surface area contributed by atoms with Crippen LogP contribution in [0, 0.1) is 0 Å². The first kappa shape index (κ1) is 12.0. The van der Waals surface area contributed by atoms with E-state index < -0.39 is 0 Å². The highest BCUT2D eigenvalue weighted by Gasteiger charge is 1.81. The summed E-state index contributed by atoms with van der Waals surface area (Å²) in [7, 11) is 0. The van der Waals surface area contributed by atoms with Gasteiger partial charge in [-0.1, -0.05) is 26.0 Å². The zero-order chi connectivity index (χ0) is 8.57. The van der Waals surface area contributed by atoms with Crippen molar-refractivity contribution in [1.82, 2.24) is 0 Å². The van der Waals surface area contributed by atoms with Crippen LogP contribution in [0.1, 0.15) is 34.6 Å². The van der Waals surface area contributed by atoms with Gasteiger partial charge in [-0.2, -0.15) is 0 Å². The summed E-state index contributed by atoms with van der Waals surface area (Å²) in [5, 5.41) is 0. The molecule has 0 fully saturated rings. The summed E-state index contributed by atoms with van der Waals surface area (Å²) in [4.78, 5) is 0. The molecule has 0 aliphatic carbocycles. The van der Waals surface area contributed by atoms with Gasteiger partial charge < -0.3 is 5.73 Å². The zero-order valence-electron chi connectivity index (χ0n) is 7.73. The van der Waals surface area contributed by atoms with Crippen LogP contribution in [-0.4, -0.2) is 0 Å². The van der Waals surface area contributed by atoms with E-state index in [1.807, 2.05) is 46.8 Å². The molecule has 0 radical (unpaired) electrons. The fourth-order valence-corrected chi connectivity index (χ4v) is 0.381. The first-order valence-corrected chi connectivity index (χ1v) is 3.74. The Labute approximate surface area is 64.6 Å². The van der Waals surface area contributed by atoms with Gasteiger partial charge in [-0.15, -0.1) is 0 Å². The Morgan fingerprint density at radius 3 is 1.70 bits per heavy atom. The Morgan fingerprint density at radius 2 is 1.60 bits per heavy atom. The van der Waals surface area contributed by atoms with Crippen LogP contribution >= 0.6 is 0 Å². The van der Waals surface area contributed by atoms with Gasteiger partial charge in [-0.25, -0.2) is 0 Å². The molecule has 0 aliphatic heterocycles. The average Bonchev–Trinajstić information content (AvgIpc) is 1.93. The van der Waals surface area contributed by atoms with Crippen LogP contribution < -0.4 is 5.73 Å². The summed E-state index contributed by atoms with van der Waals surface area (Å²) in [6.45, 7) is 9.87. The van der Waals surface area contributed by atoms with E-state index in [0.717, 1.165) is 11.3 Å². The SMILES string of the molecule is C/C=C\C(C)=C(\C)N.CC. The largest absolute Gasteiger partial charge is 0.402 e. The molecule has 10 heavy (non-hydrogen) atoms. The van der Waals surface area contributed by atoms with E-state index in [1.54, 1.807) is 0 Å². The number of nitrogens with two attached hydrogens (primary N) is 1. The predicted octanol–water partition coefficient (Wildman–Crippen LogP) is 2.84. The summed E-state index contributed by atoms with van der Waals surface area (Å²) in [6.07, 6.45) is 3.97. The maximum absolute atomic E-state index is 5.45. The topological polar surface area (TPSA) is 26.0 Å². The molecule has 2 N–H and O–H groups in total. The molecule has 0 spiro atoms. The maximum Gasteiger partial charge on any atom is 0.00784 e. The van der Waals surface area contributed by atoms with Crippen LogP contribution in [0.5, 0.6) is 0 Å². The third-order valence-electron chi connectivity index (χ3n) is 1.04. The van der Waals surface area contributed by atoms with Crippen molar-refractivity contribution in [2.45, 2.75) is 34.6 Å². The quantitative estimate of drug-likeness (QED) is 0.558. The van der Waals surface area contributed by atoms with Gasteiger partial charge in [0.1, 0.15) is 0 Å². The van der Waals surface area contributed by atoms with Crippen LogP contribution in [-0.2, 0) is 0 Å². The third kappa shape index (κ3) is 7.28. The van der Waals surface area contributed by atoms with Gasteiger partial charge in [0.05, 0.1) is 0 Å². The van der Waals surface area contributed by atoms with E-state index in [-0.39, 0.29) is 0 Å². The highest BCUT2D eigenvalue weighted by Crippen LogP contribution is 1.96. The summed E-state index contributed by atoms with van der Waals surface area (Å²) in [5.41, 5.74) is 7.49. The number of hydrogen-bond donors (Lipinski definition) is 1. The van der Waals surface area contributed by atoms with Crippen molar-refractivity contribution in [2.24, 2.45) is 5.73 Å². The van der Waals surface area contributed by atoms with Gasteiger partial charge in [0.15, 0.2) is 0 Å². The van der Waals surface area contributed by atoms with E-state index in [2.05, 4.69) is 0 Å². The lowest BCUT2D eigenvalue weighted by atomic mass is 10.2. The fraction of sp³-hybridized carbons (Fsp3) is 0.556. The Bertz CT molecular complexity index is 117. The average molecular weight is 141 g/mol. The Balaban J connectivity index is 0. The first-order valence-electron chi connectivity index (χ1n) is 3.74. The molecule has 0 amide bonds. The maximum atomic E-state index is 5.45. The van der Waals surface area contributed by atoms with E-state index >= 15 is 0 Å². The van der Waals surface area contributed by atoms with Crippen LogP contribution in [0.3, 0.4) is 0 Å². The van der Waals surface area contributed by atoms with Crippen molar-refractivity contribution in [3.05, 3.63) is 23.4 Å². The van der Waals surface area contributed by atoms with Gasteiger partial charge in [0, 0.05) is 5.70 Å². The van der Waals surface area contributed by atoms with Crippen molar-refractivity contribution in [1.29, 1.82) is 0 Å². The van der Waals surface area contributed by atoms with Crippen molar-refractivity contribution in [3.63, 3.8) is 0 Å². The summed E-state index contributed by atoms with van der Waals surface area (Å²) in [5.74, 6) is 0. The summed E-state index contributed by atoms with van der Waals surface area (Å²) < 4.78 is 0. The number of hydrogen-bond acceptors (Lipinski definition) is 1. The molecular weight excluding hydrogens is 122 g/mol. The van der Waals surface area contributed by atoms with E-state index in [0.29, 0.717) is 0 Å².